The molecule has 0 aliphatic heterocycles. The minimum absolute atomic E-state index is 0.353. The number of hydrogen-bond donors (Lipinski definition) is 2. The number of nitrogens with one attached hydrogen (secondary N) is 2. The summed E-state index contributed by atoms with van der Waals surface area (Å²) < 4.78 is 7.13. The number of aliphatic imine (C=N–C) groups is 1. The van der Waals surface area contributed by atoms with Crippen LogP contribution in [0.5, 0.6) is 0 Å². The van der Waals surface area contributed by atoms with E-state index >= 15 is 0 Å². The summed E-state index contributed by atoms with van der Waals surface area (Å²) in [6.45, 7) is 5.25. The zero-order valence-electron chi connectivity index (χ0n) is 16.7. The van der Waals surface area contributed by atoms with Crippen LogP contribution in [0, 0.1) is 5.41 Å². The summed E-state index contributed by atoms with van der Waals surface area (Å²) in [5.74, 6) is 0.852. The second-order valence-electron chi connectivity index (χ2n) is 7.41. The standard InChI is InChI=1S/C21H30ClN5O/c1-3-23-20(25-16-21(9-4-10-21)11-12-28-2)24-13-17-14-26-27(15-17)19-7-5-18(22)6-8-19/h5-8,14-15H,3-4,9-13,16H2,1-2H3,(H2,23,24,25). The van der Waals surface area contributed by atoms with Crippen molar-refractivity contribution in [3.8, 4) is 5.69 Å². The zero-order chi connectivity index (χ0) is 19.8. The quantitative estimate of drug-likeness (QED) is 0.494. The predicted octanol–water partition coefficient (Wildman–Crippen LogP) is 3.79. The van der Waals surface area contributed by atoms with E-state index in [0.29, 0.717) is 12.0 Å². The summed E-state index contributed by atoms with van der Waals surface area (Å²) in [6.07, 6.45) is 8.79. The molecule has 3 rings (SSSR count). The topological polar surface area (TPSA) is 63.5 Å². The Hall–Kier alpha value is -2.05. The van der Waals surface area contributed by atoms with Crippen molar-refractivity contribution < 1.29 is 4.74 Å². The molecule has 1 heterocycles. The molecule has 152 valence electrons. The van der Waals surface area contributed by atoms with Gasteiger partial charge in [-0.25, -0.2) is 9.67 Å². The Balaban J connectivity index is 1.59. The molecule has 2 N–H and O–H groups in total. The molecule has 0 saturated heterocycles. The third-order valence-electron chi connectivity index (χ3n) is 5.37. The lowest BCUT2D eigenvalue weighted by molar-refractivity contribution is 0.0732. The number of methoxy groups -OCH3 is 1. The fourth-order valence-corrected chi connectivity index (χ4v) is 3.60. The van der Waals surface area contributed by atoms with E-state index in [1.807, 2.05) is 41.3 Å². The van der Waals surface area contributed by atoms with Crippen molar-refractivity contribution in [2.24, 2.45) is 10.4 Å². The highest BCUT2D eigenvalue weighted by Crippen LogP contribution is 2.43. The summed E-state index contributed by atoms with van der Waals surface area (Å²) in [6, 6.07) is 7.63. The molecular weight excluding hydrogens is 374 g/mol. The number of aromatic nitrogens is 2. The van der Waals surface area contributed by atoms with E-state index in [0.717, 1.165) is 48.4 Å². The van der Waals surface area contributed by atoms with Crippen LogP contribution in [0.3, 0.4) is 0 Å². The molecule has 0 unspecified atom stereocenters. The van der Waals surface area contributed by atoms with Gasteiger partial charge in [-0.3, -0.25) is 0 Å². The fraction of sp³-hybridized carbons (Fsp3) is 0.524. The zero-order valence-corrected chi connectivity index (χ0v) is 17.5. The monoisotopic (exact) mass is 403 g/mol. The maximum Gasteiger partial charge on any atom is 0.191 e. The van der Waals surface area contributed by atoms with Crippen LogP contribution in [0.1, 0.15) is 38.2 Å². The molecule has 7 heteroatoms. The van der Waals surface area contributed by atoms with Crippen molar-refractivity contribution in [3.63, 3.8) is 0 Å². The average Bonchev–Trinajstić information content (AvgIpc) is 3.14. The Morgan fingerprint density at radius 2 is 2.07 bits per heavy atom. The van der Waals surface area contributed by atoms with Crippen LogP contribution in [0.4, 0.5) is 0 Å². The average molecular weight is 404 g/mol. The van der Waals surface area contributed by atoms with Crippen LogP contribution in [-0.2, 0) is 11.3 Å². The highest BCUT2D eigenvalue weighted by atomic mass is 35.5. The van der Waals surface area contributed by atoms with Crippen LogP contribution in [0.2, 0.25) is 5.02 Å². The largest absolute Gasteiger partial charge is 0.385 e. The van der Waals surface area contributed by atoms with Crippen molar-refractivity contribution >= 4 is 17.6 Å². The normalized spacial score (nSPS) is 15.9. The second-order valence-corrected chi connectivity index (χ2v) is 7.85. The molecule has 2 aromatic rings. The van der Waals surface area contributed by atoms with Crippen LogP contribution < -0.4 is 10.6 Å². The Bertz CT molecular complexity index is 767. The summed E-state index contributed by atoms with van der Waals surface area (Å²) in [4.78, 5) is 4.74. The van der Waals surface area contributed by atoms with Crippen molar-refractivity contribution in [1.82, 2.24) is 20.4 Å². The molecule has 28 heavy (non-hydrogen) atoms. The molecule has 0 amide bonds. The first kappa shape index (κ1) is 20.7. The van der Waals surface area contributed by atoms with Crippen LogP contribution >= 0.6 is 11.6 Å². The van der Waals surface area contributed by atoms with E-state index in [2.05, 4.69) is 22.7 Å². The smallest absolute Gasteiger partial charge is 0.191 e. The van der Waals surface area contributed by atoms with E-state index in [1.165, 1.54) is 19.3 Å². The first-order valence-corrected chi connectivity index (χ1v) is 10.3. The molecule has 0 atom stereocenters. The molecule has 1 saturated carbocycles. The molecule has 1 aromatic heterocycles. The van der Waals surface area contributed by atoms with Gasteiger partial charge < -0.3 is 15.4 Å². The molecular formula is C21H30ClN5O. The maximum atomic E-state index is 5.95. The Morgan fingerprint density at radius 3 is 2.71 bits per heavy atom. The molecule has 0 spiro atoms. The van der Waals surface area contributed by atoms with Gasteiger partial charge in [0.15, 0.2) is 5.96 Å². The number of nitrogens with zero attached hydrogens (tertiary/aromatic N) is 3. The van der Waals surface area contributed by atoms with Crippen molar-refractivity contribution in [2.45, 2.75) is 39.2 Å². The second kappa shape index (κ2) is 9.94. The minimum atomic E-state index is 0.353. The first-order chi connectivity index (χ1) is 13.6. The third-order valence-corrected chi connectivity index (χ3v) is 5.62. The number of rotatable bonds is 9. The first-order valence-electron chi connectivity index (χ1n) is 9.95. The van der Waals surface area contributed by atoms with Crippen LogP contribution in [0.25, 0.3) is 5.69 Å². The van der Waals surface area contributed by atoms with E-state index in [9.17, 15) is 0 Å². The van der Waals surface area contributed by atoms with Gasteiger partial charge in [0, 0.05) is 43.6 Å². The van der Waals surface area contributed by atoms with Gasteiger partial charge in [-0.05, 0) is 55.9 Å². The Kier molecular flexibility index (Phi) is 7.34. The number of halogens is 1. The van der Waals surface area contributed by atoms with Gasteiger partial charge in [0.2, 0.25) is 0 Å². The van der Waals surface area contributed by atoms with Gasteiger partial charge in [0.25, 0.3) is 0 Å². The van der Waals surface area contributed by atoms with Crippen molar-refractivity contribution in [3.05, 3.63) is 47.2 Å². The summed E-state index contributed by atoms with van der Waals surface area (Å²) in [5, 5.41) is 12.0. The number of hydrogen-bond acceptors (Lipinski definition) is 3. The van der Waals surface area contributed by atoms with E-state index in [-0.39, 0.29) is 0 Å². The summed E-state index contributed by atoms with van der Waals surface area (Å²) in [5.41, 5.74) is 2.39. The van der Waals surface area contributed by atoms with Gasteiger partial charge in [0.05, 0.1) is 18.4 Å². The van der Waals surface area contributed by atoms with Crippen molar-refractivity contribution in [1.29, 1.82) is 0 Å². The molecule has 0 radical (unpaired) electrons. The van der Waals surface area contributed by atoms with E-state index in [4.69, 9.17) is 21.3 Å². The summed E-state index contributed by atoms with van der Waals surface area (Å²) >= 11 is 5.95. The molecule has 0 bridgehead atoms. The number of ether oxygens (including phenoxy) is 1. The van der Waals surface area contributed by atoms with Gasteiger partial charge >= 0.3 is 0 Å². The Morgan fingerprint density at radius 1 is 1.29 bits per heavy atom. The van der Waals surface area contributed by atoms with E-state index in [1.54, 1.807) is 7.11 Å². The van der Waals surface area contributed by atoms with Gasteiger partial charge in [-0.2, -0.15) is 5.10 Å². The molecule has 6 nitrogen and oxygen atoms in total. The number of benzene rings is 1. The van der Waals surface area contributed by atoms with Gasteiger partial charge in [-0.1, -0.05) is 18.0 Å². The van der Waals surface area contributed by atoms with Crippen LogP contribution in [0.15, 0.2) is 41.7 Å². The Labute approximate surface area is 172 Å². The van der Waals surface area contributed by atoms with Crippen LogP contribution in [-0.4, -0.2) is 42.5 Å². The van der Waals surface area contributed by atoms with Crippen molar-refractivity contribution in [2.75, 3.05) is 26.8 Å². The molecule has 1 aliphatic carbocycles. The lowest BCUT2D eigenvalue weighted by Crippen LogP contribution is -2.46. The third kappa shape index (κ3) is 5.49. The molecule has 1 fully saturated rings. The predicted molar refractivity (Wildman–Crippen MR) is 114 cm³/mol. The maximum absolute atomic E-state index is 5.95. The molecule has 1 aliphatic rings. The molecule has 1 aromatic carbocycles. The lowest BCUT2D eigenvalue weighted by atomic mass is 9.67. The fourth-order valence-electron chi connectivity index (χ4n) is 3.47. The van der Waals surface area contributed by atoms with Gasteiger partial charge in [-0.15, -0.1) is 0 Å². The number of guanidine groups is 1. The highest BCUT2D eigenvalue weighted by Gasteiger charge is 2.36. The van der Waals surface area contributed by atoms with E-state index < -0.39 is 0 Å². The summed E-state index contributed by atoms with van der Waals surface area (Å²) in [7, 11) is 1.77. The lowest BCUT2D eigenvalue weighted by Gasteiger charge is -2.42. The SMILES string of the molecule is CCNC(=NCc1cnn(-c2ccc(Cl)cc2)c1)NCC1(CCOC)CCC1. The van der Waals surface area contributed by atoms with Gasteiger partial charge in [0.1, 0.15) is 0 Å². The minimum Gasteiger partial charge on any atom is -0.385 e. The highest BCUT2D eigenvalue weighted by molar-refractivity contribution is 6.30.